The number of carbonyl (C=O) groups excluding carboxylic acids is 1. The van der Waals surface area contributed by atoms with E-state index in [0.717, 1.165) is 11.6 Å². The molecule has 5 nitrogen and oxygen atoms in total. The molecule has 162 valence electrons. The highest BCUT2D eigenvalue weighted by atomic mass is 19.4. The first kappa shape index (κ1) is 22.1. The maximum absolute atomic E-state index is 12.9. The second kappa shape index (κ2) is 9.49. The molecule has 0 spiro atoms. The second-order valence-corrected chi connectivity index (χ2v) is 7.50. The number of alkyl halides is 3. The molecule has 30 heavy (non-hydrogen) atoms. The van der Waals surface area contributed by atoms with Gasteiger partial charge in [0.15, 0.2) is 0 Å². The van der Waals surface area contributed by atoms with Gasteiger partial charge in [-0.15, -0.1) is 0 Å². The Labute approximate surface area is 174 Å². The highest BCUT2D eigenvalue weighted by Gasteiger charge is 2.30. The van der Waals surface area contributed by atoms with E-state index in [-0.39, 0.29) is 12.5 Å². The van der Waals surface area contributed by atoms with E-state index in [1.54, 1.807) is 13.2 Å². The molecule has 8 heteroatoms. The SMILES string of the molecule is COc1ccc(C)cc1NC(=O)CN1CCN(Cc2cccc(C(F)(F)F)c2)CC1. The Morgan fingerprint density at radius 1 is 1.07 bits per heavy atom. The van der Waals surface area contributed by atoms with Gasteiger partial charge in [0.2, 0.25) is 5.91 Å². The molecule has 0 saturated carbocycles. The number of ether oxygens (including phenoxy) is 1. The number of amides is 1. The molecule has 3 rings (SSSR count). The summed E-state index contributed by atoms with van der Waals surface area (Å²) < 4.78 is 43.9. The number of aryl methyl sites for hydroxylation is 1. The molecule has 0 bridgehead atoms. The predicted octanol–water partition coefficient (Wildman–Crippen LogP) is 3.78. The first-order chi connectivity index (χ1) is 14.2. The van der Waals surface area contributed by atoms with Gasteiger partial charge in [-0.25, -0.2) is 0 Å². The predicted molar refractivity (Wildman–Crippen MR) is 110 cm³/mol. The van der Waals surface area contributed by atoms with E-state index in [0.29, 0.717) is 49.7 Å². The van der Waals surface area contributed by atoms with E-state index in [1.165, 1.54) is 12.1 Å². The molecule has 1 saturated heterocycles. The minimum absolute atomic E-state index is 0.120. The number of halogens is 3. The van der Waals surface area contributed by atoms with Crippen molar-refractivity contribution in [2.45, 2.75) is 19.6 Å². The smallest absolute Gasteiger partial charge is 0.416 e. The van der Waals surface area contributed by atoms with Crippen molar-refractivity contribution in [2.24, 2.45) is 0 Å². The zero-order valence-electron chi connectivity index (χ0n) is 17.1. The molecule has 2 aromatic rings. The van der Waals surface area contributed by atoms with Crippen LogP contribution in [0.1, 0.15) is 16.7 Å². The van der Waals surface area contributed by atoms with Crippen molar-refractivity contribution >= 4 is 11.6 Å². The number of hydrogen-bond donors (Lipinski definition) is 1. The normalized spacial score (nSPS) is 15.8. The van der Waals surface area contributed by atoms with Crippen molar-refractivity contribution in [3.8, 4) is 5.75 Å². The molecule has 1 N–H and O–H groups in total. The summed E-state index contributed by atoms with van der Waals surface area (Å²) in [5, 5.41) is 2.90. The molecular weight excluding hydrogens is 395 g/mol. The van der Waals surface area contributed by atoms with E-state index in [4.69, 9.17) is 4.74 Å². The lowest BCUT2D eigenvalue weighted by Gasteiger charge is -2.34. The van der Waals surface area contributed by atoms with Crippen LogP contribution < -0.4 is 10.1 Å². The lowest BCUT2D eigenvalue weighted by molar-refractivity contribution is -0.137. The Kier molecular flexibility index (Phi) is 6.99. The molecule has 1 aliphatic rings. The summed E-state index contributed by atoms with van der Waals surface area (Å²) in [6.45, 7) is 5.40. The van der Waals surface area contributed by atoms with Crippen LogP contribution in [0.25, 0.3) is 0 Å². The standard InChI is InChI=1S/C22H26F3N3O2/c1-16-6-7-20(30-2)19(12-16)26-21(29)15-28-10-8-27(9-11-28)14-17-4-3-5-18(13-17)22(23,24)25/h3-7,12-13H,8-11,14-15H2,1-2H3,(H,26,29). The third-order valence-corrected chi connectivity index (χ3v) is 5.12. The third-order valence-electron chi connectivity index (χ3n) is 5.12. The lowest BCUT2D eigenvalue weighted by atomic mass is 10.1. The zero-order chi connectivity index (χ0) is 21.7. The van der Waals surface area contributed by atoms with Crippen LogP contribution in [-0.2, 0) is 17.5 Å². The van der Waals surface area contributed by atoms with Gasteiger partial charge in [-0.3, -0.25) is 14.6 Å². The maximum Gasteiger partial charge on any atom is 0.416 e. The van der Waals surface area contributed by atoms with Crippen LogP contribution in [0.3, 0.4) is 0 Å². The Morgan fingerprint density at radius 3 is 2.43 bits per heavy atom. The summed E-state index contributed by atoms with van der Waals surface area (Å²) in [4.78, 5) is 16.6. The van der Waals surface area contributed by atoms with Gasteiger partial charge in [0.25, 0.3) is 0 Å². The number of nitrogens with zero attached hydrogens (tertiary/aromatic N) is 2. The van der Waals surface area contributed by atoms with Gasteiger partial charge in [0.1, 0.15) is 5.75 Å². The minimum Gasteiger partial charge on any atom is -0.495 e. The Morgan fingerprint density at radius 2 is 1.77 bits per heavy atom. The molecule has 0 radical (unpaired) electrons. The van der Waals surface area contributed by atoms with Crippen molar-refractivity contribution in [3.63, 3.8) is 0 Å². The molecule has 1 fully saturated rings. The van der Waals surface area contributed by atoms with Crippen LogP contribution >= 0.6 is 0 Å². The maximum atomic E-state index is 12.9. The average molecular weight is 421 g/mol. The fourth-order valence-electron chi connectivity index (χ4n) is 3.52. The topological polar surface area (TPSA) is 44.8 Å². The third kappa shape index (κ3) is 5.96. The highest BCUT2D eigenvalue weighted by molar-refractivity contribution is 5.93. The number of carbonyl (C=O) groups is 1. The zero-order valence-corrected chi connectivity index (χ0v) is 17.1. The van der Waals surface area contributed by atoms with E-state index < -0.39 is 11.7 Å². The van der Waals surface area contributed by atoms with Gasteiger partial charge in [0.05, 0.1) is 24.9 Å². The van der Waals surface area contributed by atoms with Gasteiger partial charge in [-0.2, -0.15) is 13.2 Å². The van der Waals surface area contributed by atoms with Gasteiger partial charge < -0.3 is 10.1 Å². The van der Waals surface area contributed by atoms with Crippen LogP contribution in [0.4, 0.5) is 18.9 Å². The van der Waals surface area contributed by atoms with Crippen LogP contribution in [0.5, 0.6) is 5.75 Å². The summed E-state index contributed by atoms with van der Waals surface area (Å²) >= 11 is 0. The molecule has 1 heterocycles. The molecular formula is C22H26F3N3O2. The van der Waals surface area contributed by atoms with E-state index >= 15 is 0 Å². The summed E-state index contributed by atoms with van der Waals surface area (Å²) in [7, 11) is 1.56. The van der Waals surface area contributed by atoms with E-state index in [1.807, 2.05) is 30.0 Å². The lowest BCUT2D eigenvalue weighted by Crippen LogP contribution is -2.48. The van der Waals surface area contributed by atoms with Gasteiger partial charge in [-0.1, -0.05) is 24.3 Å². The number of hydrogen-bond acceptors (Lipinski definition) is 4. The first-order valence-electron chi connectivity index (χ1n) is 9.80. The van der Waals surface area contributed by atoms with Crippen LogP contribution in [0.15, 0.2) is 42.5 Å². The van der Waals surface area contributed by atoms with Crippen molar-refractivity contribution in [1.29, 1.82) is 0 Å². The molecule has 1 aliphatic heterocycles. The van der Waals surface area contributed by atoms with Crippen molar-refractivity contribution in [1.82, 2.24) is 9.80 Å². The number of rotatable bonds is 6. The average Bonchev–Trinajstić information content (AvgIpc) is 2.69. The molecule has 0 atom stereocenters. The summed E-state index contributed by atoms with van der Waals surface area (Å²) in [6, 6.07) is 11.0. The monoisotopic (exact) mass is 421 g/mol. The summed E-state index contributed by atoms with van der Waals surface area (Å²) in [5.41, 5.74) is 1.68. The van der Waals surface area contributed by atoms with Crippen LogP contribution in [-0.4, -0.2) is 55.5 Å². The number of anilines is 1. The number of benzene rings is 2. The fraction of sp³-hybridized carbons (Fsp3) is 0.409. The Bertz CT molecular complexity index is 878. The van der Waals surface area contributed by atoms with Crippen molar-refractivity contribution in [2.75, 3.05) is 45.2 Å². The quantitative estimate of drug-likeness (QED) is 0.771. The molecule has 0 aromatic heterocycles. The highest BCUT2D eigenvalue weighted by Crippen LogP contribution is 2.30. The van der Waals surface area contributed by atoms with Gasteiger partial charge in [0, 0.05) is 32.7 Å². The fourth-order valence-corrected chi connectivity index (χ4v) is 3.52. The summed E-state index contributed by atoms with van der Waals surface area (Å²) in [6.07, 6.45) is -4.33. The largest absolute Gasteiger partial charge is 0.495 e. The molecule has 1 amide bonds. The summed E-state index contributed by atoms with van der Waals surface area (Å²) in [5.74, 6) is 0.491. The Hall–Kier alpha value is -2.58. The second-order valence-electron chi connectivity index (χ2n) is 7.50. The number of piperazine rings is 1. The van der Waals surface area contributed by atoms with Crippen molar-refractivity contribution < 1.29 is 22.7 Å². The van der Waals surface area contributed by atoms with Crippen molar-refractivity contribution in [3.05, 3.63) is 59.2 Å². The number of nitrogens with one attached hydrogen (secondary N) is 1. The van der Waals surface area contributed by atoms with E-state index in [2.05, 4.69) is 10.2 Å². The molecule has 2 aromatic carbocycles. The van der Waals surface area contributed by atoms with E-state index in [9.17, 15) is 18.0 Å². The number of methoxy groups -OCH3 is 1. The molecule has 0 unspecified atom stereocenters. The van der Waals surface area contributed by atoms with Crippen LogP contribution in [0.2, 0.25) is 0 Å². The van der Waals surface area contributed by atoms with Crippen LogP contribution in [0, 0.1) is 6.92 Å². The Balaban J connectivity index is 1.49. The van der Waals surface area contributed by atoms with Gasteiger partial charge >= 0.3 is 6.18 Å². The molecule has 0 aliphatic carbocycles. The first-order valence-corrected chi connectivity index (χ1v) is 9.80. The minimum atomic E-state index is -4.33. The van der Waals surface area contributed by atoms with Gasteiger partial charge in [-0.05, 0) is 36.2 Å².